The summed E-state index contributed by atoms with van der Waals surface area (Å²) in [5, 5.41) is 21.2. The number of hydrogen-bond donors (Lipinski definition) is 1. The van der Waals surface area contributed by atoms with E-state index < -0.39 is 5.54 Å². The SMILES string of the molecule is CNC(C)(C#N)CCSc1nnc2ccccn12. The van der Waals surface area contributed by atoms with E-state index in [1.807, 2.05) is 35.7 Å². The Morgan fingerprint density at radius 2 is 2.33 bits per heavy atom. The second-order valence-corrected chi connectivity index (χ2v) is 5.27. The Labute approximate surface area is 110 Å². The van der Waals surface area contributed by atoms with Gasteiger partial charge in [0.1, 0.15) is 5.54 Å². The average Bonchev–Trinajstić information content (AvgIpc) is 2.82. The molecule has 0 aliphatic heterocycles. The molecule has 1 atom stereocenters. The molecule has 0 fully saturated rings. The Balaban J connectivity index is 2.01. The van der Waals surface area contributed by atoms with Crippen LogP contribution in [0.1, 0.15) is 13.3 Å². The molecule has 0 bridgehead atoms. The maximum Gasteiger partial charge on any atom is 0.195 e. The van der Waals surface area contributed by atoms with Crippen LogP contribution in [0.5, 0.6) is 0 Å². The zero-order chi connectivity index (χ0) is 13.0. The van der Waals surface area contributed by atoms with Crippen LogP contribution in [-0.2, 0) is 0 Å². The van der Waals surface area contributed by atoms with Crippen molar-refractivity contribution in [1.29, 1.82) is 5.26 Å². The maximum atomic E-state index is 9.06. The molecule has 0 saturated carbocycles. The molecule has 0 radical (unpaired) electrons. The van der Waals surface area contributed by atoms with Gasteiger partial charge in [0.2, 0.25) is 0 Å². The van der Waals surface area contributed by atoms with Gasteiger partial charge in [0.05, 0.1) is 6.07 Å². The number of hydrogen-bond acceptors (Lipinski definition) is 5. The van der Waals surface area contributed by atoms with E-state index in [0.717, 1.165) is 23.0 Å². The van der Waals surface area contributed by atoms with Crippen LogP contribution in [-0.4, -0.2) is 32.9 Å². The van der Waals surface area contributed by atoms with Gasteiger partial charge in [-0.15, -0.1) is 10.2 Å². The molecule has 6 heteroatoms. The molecule has 94 valence electrons. The quantitative estimate of drug-likeness (QED) is 0.830. The van der Waals surface area contributed by atoms with Crippen LogP contribution < -0.4 is 5.32 Å². The fourth-order valence-electron chi connectivity index (χ4n) is 1.50. The summed E-state index contributed by atoms with van der Waals surface area (Å²) in [6.07, 6.45) is 2.70. The largest absolute Gasteiger partial charge is 0.303 e. The van der Waals surface area contributed by atoms with Crippen molar-refractivity contribution in [2.75, 3.05) is 12.8 Å². The third kappa shape index (κ3) is 2.63. The summed E-state index contributed by atoms with van der Waals surface area (Å²) >= 11 is 1.61. The molecule has 2 heterocycles. The first-order valence-electron chi connectivity index (χ1n) is 5.71. The lowest BCUT2D eigenvalue weighted by Gasteiger charge is -2.19. The van der Waals surface area contributed by atoms with E-state index in [1.165, 1.54) is 0 Å². The van der Waals surface area contributed by atoms with Crippen LogP contribution in [0.3, 0.4) is 0 Å². The Morgan fingerprint density at radius 3 is 3.06 bits per heavy atom. The van der Waals surface area contributed by atoms with Crippen molar-refractivity contribution >= 4 is 17.4 Å². The molecular formula is C12H15N5S. The molecule has 0 amide bonds. The molecule has 2 rings (SSSR count). The molecule has 18 heavy (non-hydrogen) atoms. The lowest BCUT2D eigenvalue weighted by molar-refractivity contribution is 0.479. The van der Waals surface area contributed by atoms with Crippen molar-refractivity contribution in [3.05, 3.63) is 24.4 Å². The van der Waals surface area contributed by atoms with Crippen molar-refractivity contribution in [3.63, 3.8) is 0 Å². The highest BCUT2D eigenvalue weighted by molar-refractivity contribution is 7.99. The van der Waals surface area contributed by atoms with E-state index in [0.29, 0.717) is 0 Å². The Bertz CT molecular complexity index is 573. The van der Waals surface area contributed by atoms with Crippen LogP contribution in [0.15, 0.2) is 29.6 Å². The molecule has 1 unspecified atom stereocenters. The summed E-state index contributed by atoms with van der Waals surface area (Å²) in [4.78, 5) is 0. The minimum absolute atomic E-state index is 0.479. The summed E-state index contributed by atoms with van der Waals surface area (Å²) in [5.41, 5.74) is 0.365. The lowest BCUT2D eigenvalue weighted by atomic mass is 10.0. The normalized spacial score (nSPS) is 14.3. The van der Waals surface area contributed by atoms with Gasteiger partial charge in [-0.2, -0.15) is 5.26 Å². The number of fused-ring (bicyclic) bond motifs is 1. The second kappa shape index (κ2) is 5.38. The smallest absolute Gasteiger partial charge is 0.195 e. The zero-order valence-electron chi connectivity index (χ0n) is 10.4. The molecule has 2 aromatic rings. The van der Waals surface area contributed by atoms with Crippen LogP contribution in [0.2, 0.25) is 0 Å². The van der Waals surface area contributed by atoms with Crippen LogP contribution in [0.25, 0.3) is 5.65 Å². The summed E-state index contributed by atoms with van der Waals surface area (Å²) in [6, 6.07) is 8.09. The van der Waals surface area contributed by atoms with Crippen molar-refractivity contribution < 1.29 is 0 Å². The van der Waals surface area contributed by atoms with Crippen LogP contribution in [0, 0.1) is 11.3 Å². The van der Waals surface area contributed by atoms with Gasteiger partial charge >= 0.3 is 0 Å². The highest BCUT2D eigenvalue weighted by atomic mass is 32.2. The van der Waals surface area contributed by atoms with Gasteiger partial charge in [-0.3, -0.25) is 4.40 Å². The van der Waals surface area contributed by atoms with Crippen molar-refractivity contribution in [2.45, 2.75) is 24.0 Å². The first kappa shape index (κ1) is 12.9. The lowest BCUT2D eigenvalue weighted by Crippen LogP contribution is -2.38. The van der Waals surface area contributed by atoms with Gasteiger partial charge in [0, 0.05) is 11.9 Å². The van der Waals surface area contributed by atoms with Crippen molar-refractivity contribution in [1.82, 2.24) is 19.9 Å². The second-order valence-electron chi connectivity index (χ2n) is 4.20. The Morgan fingerprint density at radius 1 is 1.50 bits per heavy atom. The fraction of sp³-hybridized carbons (Fsp3) is 0.417. The van der Waals surface area contributed by atoms with E-state index in [-0.39, 0.29) is 0 Å². The summed E-state index contributed by atoms with van der Waals surface area (Å²) in [5.74, 6) is 0.820. The molecular weight excluding hydrogens is 246 g/mol. The standard InChI is InChI=1S/C12H15N5S/c1-12(9-13,14-2)6-8-18-11-16-15-10-5-3-4-7-17(10)11/h3-5,7,14H,6,8H2,1-2H3. The fourth-order valence-corrected chi connectivity index (χ4v) is 2.59. The third-order valence-corrected chi connectivity index (χ3v) is 3.86. The highest BCUT2D eigenvalue weighted by Gasteiger charge is 2.20. The third-order valence-electron chi connectivity index (χ3n) is 2.91. The zero-order valence-corrected chi connectivity index (χ0v) is 11.2. The number of nitriles is 1. The maximum absolute atomic E-state index is 9.06. The first-order valence-corrected chi connectivity index (χ1v) is 6.70. The molecule has 5 nitrogen and oxygen atoms in total. The van der Waals surface area contributed by atoms with E-state index in [1.54, 1.807) is 18.8 Å². The van der Waals surface area contributed by atoms with Gasteiger partial charge in [0.25, 0.3) is 0 Å². The van der Waals surface area contributed by atoms with Gasteiger partial charge in [-0.25, -0.2) is 0 Å². The van der Waals surface area contributed by atoms with E-state index >= 15 is 0 Å². The molecule has 0 aliphatic rings. The molecule has 0 saturated heterocycles. The van der Waals surface area contributed by atoms with E-state index in [9.17, 15) is 0 Å². The molecule has 0 aliphatic carbocycles. The summed E-state index contributed by atoms with van der Waals surface area (Å²) in [6.45, 7) is 1.90. The van der Waals surface area contributed by atoms with E-state index in [2.05, 4.69) is 21.6 Å². The monoisotopic (exact) mass is 261 g/mol. The van der Waals surface area contributed by atoms with Gasteiger partial charge < -0.3 is 5.32 Å². The number of aromatic nitrogens is 3. The van der Waals surface area contributed by atoms with E-state index in [4.69, 9.17) is 5.26 Å². The van der Waals surface area contributed by atoms with Crippen LogP contribution >= 0.6 is 11.8 Å². The Hall–Kier alpha value is -1.58. The predicted octanol–water partition coefficient (Wildman–Crippen LogP) is 1.71. The molecule has 2 aromatic heterocycles. The van der Waals surface area contributed by atoms with Crippen molar-refractivity contribution in [2.24, 2.45) is 0 Å². The molecule has 1 N–H and O–H groups in total. The highest BCUT2D eigenvalue weighted by Crippen LogP contribution is 2.20. The summed E-state index contributed by atoms with van der Waals surface area (Å²) in [7, 11) is 1.81. The minimum Gasteiger partial charge on any atom is -0.303 e. The van der Waals surface area contributed by atoms with Gasteiger partial charge in [0.15, 0.2) is 10.8 Å². The number of pyridine rings is 1. The number of thioether (sulfide) groups is 1. The van der Waals surface area contributed by atoms with Crippen molar-refractivity contribution in [3.8, 4) is 6.07 Å². The first-order chi connectivity index (χ1) is 8.68. The van der Waals surface area contributed by atoms with Gasteiger partial charge in [-0.05, 0) is 32.5 Å². The number of rotatable bonds is 5. The average molecular weight is 261 g/mol. The summed E-state index contributed by atoms with van der Waals surface area (Å²) < 4.78 is 1.95. The molecule has 0 aromatic carbocycles. The topological polar surface area (TPSA) is 66.0 Å². The van der Waals surface area contributed by atoms with Crippen LogP contribution in [0.4, 0.5) is 0 Å². The number of nitrogens with one attached hydrogen (secondary N) is 1. The Kier molecular flexibility index (Phi) is 3.84. The predicted molar refractivity (Wildman–Crippen MR) is 71.4 cm³/mol. The molecule has 0 spiro atoms. The minimum atomic E-state index is -0.479. The number of nitrogens with zero attached hydrogens (tertiary/aromatic N) is 4. The van der Waals surface area contributed by atoms with Gasteiger partial charge in [-0.1, -0.05) is 17.8 Å².